The molecule has 3 aromatic carbocycles. The van der Waals surface area contributed by atoms with Gasteiger partial charge in [-0.15, -0.1) is 0 Å². The van der Waals surface area contributed by atoms with Crippen LogP contribution in [0.25, 0.3) is 33.5 Å². The summed E-state index contributed by atoms with van der Waals surface area (Å²) in [5, 5.41) is 3.30. The molecule has 0 saturated heterocycles. The fraction of sp³-hybridized carbons (Fsp3) is 0.154. The lowest BCUT2D eigenvalue weighted by Gasteiger charge is -2.13. The van der Waals surface area contributed by atoms with Crippen molar-refractivity contribution >= 4 is 34.5 Å². The van der Waals surface area contributed by atoms with Gasteiger partial charge in [-0.25, -0.2) is 9.78 Å². The highest BCUT2D eigenvalue weighted by molar-refractivity contribution is 7.03. The summed E-state index contributed by atoms with van der Waals surface area (Å²) in [4.78, 5) is 31.4. The van der Waals surface area contributed by atoms with Crippen LogP contribution in [0, 0.1) is 0 Å². The van der Waals surface area contributed by atoms with E-state index in [1.165, 1.54) is 7.11 Å². The quantitative estimate of drug-likeness (QED) is 0.322. The highest BCUT2D eigenvalue weighted by atomic mass is 32.1. The molecule has 0 fully saturated rings. The van der Waals surface area contributed by atoms with Crippen LogP contribution in [0.2, 0.25) is 0 Å². The summed E-state index contributed by atoms with van der Waals surface area (Å²) >= 11 is 0.910. The normalized spacial score (nSPS) is 11.0. The second-order valence-corrected chi connectivity index (χ2v) is 8.64. The van der Waals surface area contributed by atoms with Gasteiger partial charge in [0, 0.05) is 23.6 Å². The van der Waals surface area contributed by atoms with Crippen LogP contribution in [0.1, 0.15) is 22.8 Å². The van der Waals surface area contributed by atoms with Crippen molar-refractivity contribution in [3.63, 3.8) is 0 Å². The topological polar surface area (TPSA) is 102 Å². The summed E-state index contributed by atoms with van der Waals surface area (Å²) in [6.45, 7) is 3.23. The van der Waals surface area contributed by atoms with Crippen LogP contribution in [-0.4, -0.2) is 38.5 Å². The molecule has 2 heterocycles. The number of carbonyl (C=O) groups excluding carboxylic acids is 1. The molecule has 0 aliphatic rings. The Balaban J connectivity index is 1.53. The molecule has 2 N–H and O–H groups in total. The average Bonchev–Trinajstić information content (AvgIpc) is 3.47. The van der Waals surface area contributed by atoms with Gasteiger partial charge in [-0.1, -0.05) is 54.6 Å². The minimum Gasteiger partial charge on any atom is -0.465 e. The van der Waals surface area contributed by atoms with E-state index in [-0.39, 0.29) is 4.87 Å². The number of fused-ring (bicyclic) bond motifs is 1. The molecule has 0 amide bonds. The second-order valence-electron chi connectivity index (χ2n) is 7.90. The Kier molecular flexibility index (Phi) is 6.15. The highest BCUT2D eigenvalue weighted by Gasteiger charge is 2.19. The first kappa shape index (κ1) is 22.5. The Morgan fingerprint density at radius 3 is 2.51 bits per heavy atom. The molecule has 5 rings (SSSR count). The molecule has 0 radical (unpaired) electrons. The number of aromatic amines is 1. The van der Waals surface area contributed by atoms with Gasteiger partial charge in [0.2, 0.25) is 5.95 Å². The van der Waals surface area contributed by atoms with Crippen molar-refractivity contribution in [1.82, 2.24) is 18.9 Å². The van der Waals surface area contributed by atoms with Gasteiger partial charge in [-0.2, -0.15) is 4.37 Å². The van der Waals surface area contributed by atoms with Crippen molar-refractivity contribution in [1.29, 1.82) is 0 Å². The van der Waals surface area contributed by atoms with E-state index in [0.29, 0.717) is 30.4 Å². The van der Waals surface area contributed by atoms with Crippen LogP contribution in [-0.2, 0) is 11.3 Å². The van der Waals surface area contributed by atoms with Gasteiger partial charge in [-0.3, -0.25) is 9.78 Å². The molecule has 0 bridgehead atoms. The number of esters is 1. The van der Waals surface area contributed by atoms with Crippen molar-refractivity contribution < 1.29 is 9.53 Å². The third-order valence-electron chi connectivity index (χ3n) is 5.73. The van der Waals surface area contributed by atoms with Gasteiger partial charge in [0.15, 0.2) is 5.82 Å². The van der Waals surface area contributed by atoms with E-state index >= 15 is 0 Å². The van der Waals surface area contributed by atoms with Crippen LogP contribution in [0.3, 0.4) is 0 Å². The third kappa shape index (κ3) is 4.33. The number of hydrogen-bond donors (Lipinski definition) is 2. The molecule has 0 saturated carbocycles. The first-order valence-corrected chi connectivity index (χ1v) is 11.9. The van der Waals surface area contributed by atoms with E-state index in [0.717, 1.165) is 44.8 Å². The van der Waals surface area contributed by atoms with E-state index in [4.69, 9.17) is 9.72 Å². The first-order chi connectivity index (χ1) is 17.1. The summed E-state index contributed by atoms with van der Waals surface area (Å²) in [5.74, 6) is 0.864. The highest BCUT2D eigenvalue weighted by Crippen LogP contribution is 2.31. The maximum atomic E-state index is 12.4. The molecule has 0 unspecified atom stereocenters. The van der Waals surface area contributed by atoms with Crippen molar-refractivity contribution in [3.05, 3.63) is 87.5 Å². The number of benzene rings is 3. The lowest BCUT2D eigenvalue weighted by molar-refractivity contribution is 0.0602. The standard InChI is InChI=1S/C26H23N5O3S/c1-3-27-25-28-21-10-6-9-20(24(32)34-2)22(21)31(25)15-16-11-13-17(14-12-16)18-7-4-5-8-19(18)23-29-26(33)35-30-23/h4-14H,3,15H2,1-2H3,(H,27,28)(H,29,30,33). The van der Waals surface area contributed by atoms with Gasteiger partial charge in [0.25, 0.3) is 0 Å². The predicted molar refractivity (Wildman–Crippen MR) is 138 cm³/mol. The van der Waals surface area contributed by atoms with E-state index in [1.54, 1.807) is 6.07 Å². The van der Waals surface area contributed by atoms with Gasteiger partial charge >= 0.3 is 10.8 Å². The Hall–Kier alpha value is -4.24. The van der Waals surface area contributed by atoms with Crippen LogP contribution in [0.5, 0.6) is 0 Å². The summed E-state index contributed by atoms with van der Waals surface area (Å²) in [7, 11) is 1.38. The molecular weight excluding hydrogens is 462 g/mol. The zero-order valence-electron chi connectivity index (χ0n) is 19.2. The Morgan fingerprint density at radius 1 is 1.06 bits per heavy atom. The summed E-state index contributed by atoms with van der Waals surface area (Å²) in [6.07, 6.45) is 0. The Bertz CT molecular complexity index is 1570. The van der Waals surface area contributed by atoms with Crippen LogP contribution >= 0.6 is 11.5 Å². The van der Waals surface area contributed by atoms with Crippen molar-refractivity contribution in [2.24, 2.45) is 0 Å². The average molecular weight is 486 g/mol. The summed E-state index contributed by atoms with van der Waals surface area (Å²) in [6, 6.07) is 21.5. The summed E-state index contributed by atoms with van der Waals surface area (Å²) in [5.41, 5.74) is 5.85. The smallest absolute Gasteiger partial charge is 0.340 e. The number of ether oxygens (including phenoxy) is 1. The number of methoxy groups -OCH3 is 1. The van der Waals surface area contributed by atoms with Gasteiger partial charge in [-0.05, 0) is 35.7 Å². The molecule has 0 atom stereocenters. The zero-order chi connectivity index (χ0) is 24.4. The van der Waals surface area contributed by atoms with Crippen LogP contribution in [0.4, 0.5) is 5.95 Å². The molecule has 2 aromatic heterocycles. The number of nitrogens with one attached hydrogen (secondary N) is 2. The number of aromatic nitrogens is 4. The van der Waals surface area contributed by atoms with Crippen LogP contribution in [0.15, 0.2) is 71.5 Å². The number of para-hydroxylation sites is 1. The molecule has 8 nitrogen and oxygen atoms in total. The minimum atomic E-state index is -0.396. The largest absolute Gasteiger partial charge is 0.465 e. The van der Waals surface area contributed by atoms with E-state index < -0.39 is 5.97 Å². The number of imidazole rings is 1. The van der Waals surface area contributed by atoms with Crippen molar-refractivity contribution in [2.45, 2.75) is 13.5 Å². The number of hydrogen-bond acceptors (Lipinski definition) is 7. The fourth-order valence-electron chi connectivity index (χ4n) is 4.17. The first-order valence-electron chi connectivity index (χ1n) is 11.1. The van der Waals surface area contributed by atoms with Crippen molar-refractivity contribution in [3.8, 4) is 22.5 Å². The van der Waals surface area contributed by atoms with Crippen LogP contribution < -0.4 is 10.2 Å². The monoisotopic (exact) mass is 485 g/mol. The molecule has 176 valence electrons. The Morgan fingerprint density at radius 2 is 1.83 bits per heavy atom. The SMILES string of the molecule is CCNc1nc2cccc(C(=O)OC)c2n1Cc1ccc(-c2ccccc2-c2nsc(=O)[nH]2)cc1. The number of H-pyrrole nitrogens is 1. The van der Waals surface area contributed by atoms with E-state index in [2.05, 4.69) is 26.8 Å². The maximum absolute atomic E-state index is 12.4. The van der Waals surface area contributed by atoms with Crippen molar-refractivity contribution in [2.75, 3.05) is 19.0 Å². The van der Waals surface area contributed by atoms with E-state index in [9.17, 15) is 9.59 Å². The third-order valence-corrected chi connectivity index (χ3v) is 6.28. The molecule has 0 aliphatic heterocycles. The maximum Gasteiger partial charge on any atom is 0.340 e. The minimum absolute atomic E-state index is 0.180. The molecular formula is C26H23N5O3S. The summed E-state index contributed by atoms with van der Waals surface area (Å²) < 4.78 is 11.3. The number of carbonyl (C=O) groups is 1. The van der Waals surface area contributed by atoms with E-state index in [1.807, 2.05) is 60.0 Å². The predicted octanol–water partition coefficient (Wildman–Crippen LogP) is 4.78. The zero-order valence-corrected chi connectivity index (χ0v) is 20.1. The van der Waals surface area contributed by atoms with Gasteiger partial charge in [0.1, 0.15) is 0 Å². The fourth-order valence-corrected chi connectivity index (χ4v) is 4.63. The lowest BCUT2D eigenvalue weighted by Crippen LogP contribution is -2.10. The molecule has 0 aliphatic carbocycles. The molecule has 9 heteroatoms. The second kappa shape index (κ2) is 9.55. The number of anilines is 1. The number of rotatable bonds is 7. The Labute approximate surface area is 205 Å². The van der Waals surface area contributed by atoms with Gasteiger partial charge < -0.3 is 14.6 Å². The molecule has 0 spiro atoms. The lowest BCUT2D eigenvalue weighted by atomic mass is 9.98. The number of nitrogens with zero attached hydrogens (tertiary/aromatic N) is 3. The molecule has 35 heavy (non-hydrogen) atoms. The molecule has 5 aromatic rings. The van der Waals surface area contributed by atoms with Gasteiger partial charge in [0.05, 0.1) is 30.3 Å².